The van der Waals surface area contributed by atoms with Crippen molar-refractivity contribution in [2.75, 3.05) is 0 Å². The Morgan fingerprint density at radius 1 is 0.414 bits per heavy atom. The molecule has 3 heterocycles. The van der Waals surface area contributed by atoms with Gasteiger partial charge in [-0.1, -0.05) is 190 Å². The molecular formula is C54H38N4. The van der Waals surface area contributed by atoms with Crippen molar-refractivity contribution in [3.05, 3.63) is 205 Å². The van der Waals surface area contributed by atoms with Gasteiger partial charge >= 0.3 is 0 Å². The van der Waals surface area contributed by atoms with Crippen molar-refractivity contribution < 1.29 is 0 Å². The molecule has 1 aliphatic rings. The smallest absolute Gasteiger partial charge is 0.160 e. The third-order valence-corrected chi connectivity index (χ3v) is 11.9. The second kappa shape index (κ2) is 13.4. The van der Waals surface area contributed by atoms with E-state index < -0.39 is 0 Å². The molecule has 0 fully saturated rings. The minimum Gasteiger partial charge on any atom is -0.231 e. The van der Waals surface area contributed by atoms with Gasteiger partial charge in [-0.15, -0.1) is 0 Å². The van der Waals surface area contributed by atoms with Crippen molar-refractivity contribution >= 4 is 16.3 Å². The summed E-state index contributed by atoms with van der Waals surface area (Å²) < 4.78 is 2.14. The van der Waals surface area contributed by atoms with Gasteiger partial charge in [0.2, 0.25) is 0 Å². The molecule has 0 spiro atoms. The summed E-state index contributed by atoms with van der Waals surface area (Å²) in [5.41, 5.74) is 17.7. The Bertz CT molecular complexity index is 3160. The third kappa shape index (κ3) is 5.41. The van der Waals surface area contributed by atoms with Gasteiger partial charge < -0.3 is 0 Å². The van der Waals surface area contributed by atoms with E-state index in [4.69, 9.17) is 15.1 Å². The topological polar surface area (TPSA) is 43.1 Å². The lowest BCUT2D eigenvalue weighted by atomic mass is 9.82. The minimum atomic E-state index is -0.122. The maximum atomic E-state index is 5.29. The Morgan fingerprint density at radius 3 is 1.66 bits per heavy atom. The van der Waals surface area contributed by atoms with Crippen LogP contribution in [0.1, 0.15) is 25.0 Å². The normalized spacial score (nSPS) is 12.8. The van der Waals surface area contributed by atoms with E-state index in [9.17, 15) is 0 Å². The van der Waals surface area contributed by atoms with E-state index in [0.29, 0.717) is 5.82 Å². The molecule has 0 unspecified atom stereocenters. The van der Waals surface area contributed by atoms with Crippen LogP contribution in [0.15, 0.2) is 194 Å². The molecule has 1 aliphatic carbocycles. The highest BCUT2D eigenvalue weighted by Gasteiger charge is 2.35. The highest BCUT2D eigenvalue weighted by Crippen LogP contribution is 2.49. The van der Waals surface area contributed by atoms with Crippen LogP contribution >= 0.6 is 0 Å². The fourth-order valence-corrected chi connectivity index (χ4v) is 9.03. The number of nitrogens with zero attached hydrogens (tertiary/aromatic N) is 4. The van der Waals surface area contributed by atoms with Crippen LogP contribution in [0.5, 0.6) is 0 Å². The fraction of sp³-hybridized carbons (Fsp3) is 0.0556. The molecule has 11 rings (SSSR count). The van der Waals surface area contributed by atoms with Crippen molar-refractivity contribution in [1.29, 1.82) is 0 Å². The number of pyridine rings is 1. The number of hydrogen-bond acceptors (Lipinski definition) is 3. The summed E-state index contributed by atoms with van der Waals surface area (Å²) in [5.74, 6) is 0.714. The summed E-state index contributed by atoms with van der Waals surface area (Å²) >= 11 is 0. The van der Waals surface area contributed by atoms with E-state index in [0.717, 1.165) is 72.5 Å². The number of hydrogen-bond donors (Lipinski definition) is 0. The summed E-state index contributed by atoms with van der Waals surface area (Å²) in [6, 6.07) is 66.8. The lowest BCUT2D eigenvalue weighted by Crippen LogP contribution is -2.15. The van der Waals surface area contributed by atoms with Crippen LogP contribution in [0, 0.1) is 0 Å². The van der Waals surface area contributed by atoms with Crippen LogP contribution in [0.2, 0.25) is 0 Å². The summed E-state index contributed by atoms with van der Waals surface area (Å²) in [7, 11) is 0. The van der Waals surface area contributed by atoms with Gasteiger partial charge in [0.05, 0.1) is 28.8 Å². The lowest BCUT2D eigenvalue weighted by Gasteiger charge is -2.22. The quantitative estimate of drug-likeness (QED) is 0.170. The molecule has 0 bridgehead atoms. The highest BCUT2D eigenvalue weighted by molar-refractivity contribution is 6.13. The summed E-state index contributed by atoms with van der Waals surface area (Å²) in [5, 5.41) is 7.43. The number of rotatable bonds is 6. The zero-order valence-electron chi connectivity index (χ0n) is 32.3. The van der Waals surface area contributed by atoms with Gasteiger partial charge in [0.1, 0.15) is 0 Å². The molecule has 0 aliphatic heterocycles. The lowest BCUT2D eigenvalue weighted by molar-refractivity contribution is 0.660. The molecule has 0 radical (unpaired) electrons. The van der Waals surface area contributed by atoms with Crippen LogP contribution in [0.25, 0.3) is 94.8 Å². The van der Waals surface area contributed by atoms with Gasteiger partial charge in [-0.3, -0.25) is 0 Å². The Labute approximate surface area is 337 Å². The summed E-state index contributed by atoms with van der Waals surface area (Å²) in [4.78, 5) is 10.5. The minimum absolute atomic E-state index is 0.122. The maximum absolute atomic E-state index is 5.29. The fourth-order valence-electron chi connectivity index (χ4n) is 9.03. The second-order valence-corrected chi connectivity index (χ2v) is 15.7. The van der Waals surface area contributed by atoms with Gasteiger partial charge in [-0.05, 0) is 50.9 Å². The molecule has 7 aromatic carbocycles. The SMILES string of the molecule is CC1(C)c2ccccc2-c2ccc(-c3nc(-c4ccccc4)cc(-c4ccc(-c5c(-c6ccccc6)n6ncc(-c7ccccc7)c6c6ccccc56)cc4)n3)cc21. The van der Waals surface area contributed by atoms with Crippen LogP contribution < -0.4 is 0 Å². The predicted molar refractivity (Wildman–Crippen MR) is 238 cm³/mol. The van der Waals surface area contributed by atoms with Gasteiger partial charge in [-0.25, -0.2) is 14.5 Å². The second-order valence-electron chi connectivity index (χ2n) is 15.7. The first-order chi connectivity index (χ1) is 28.5. The van der Waals surface area contributed by atoms with E-state index in [1.165, 1.54) is 27.6 Å². The molecule has 0 atom stereocenters. The molecule has 4 nitrogen and oxygen atoms in total. The summed E-state index contributed by atoms with van der Waals surface area (Å²) in [6.45, 7) is 4.63. The van der Waals surface area contributed by atoms with Gasteiger partial charge in [0, 0.05) is 44.2 Å². The molecule has 58 heavy (non-hydrogen) atoms. The zero-order chi connectivity index (χ0) is 38.8. The van der Waals surface area contributed by atoms with Crippen molar-refractivity contribution in [2.45, 2.75) is 19.3 Å². The predicted octanol–water partition coefficient (Wildman–Crippen LogP) is 13.6. The largest absolute Gasteiger partial charge is 0.231 e. The standard InChI is InChI=1S/C54H38N4/c1-54(2)46-25-15-14-22-41(46)42-31-30-40(32-47(42)54)53-56-48(36-18-8-4-9-19-36)33-49(57-53)37-26-28-38(29-27-37)50-43-23-12-13-24-44(43)52-45(35-16-6-3-7-17-35)34-55-58(52)51(50)39-20-10-5-11-21-39/h3-34H,1-2H3. The number of fused-ring (bicyclic) bond motifs is 6. The molecule has 0 amide bonds. The van der Waals surface area contributed by atoms with Crippen LogP contribution in [-0.4, -0.2) is 19.6 Å². The van der Waals surface area contributed by atoms with E-state index >= 15 is 0 Å². The maximum Gasteiger partial charge on any atom is 0.160 e. The van der Waals surface area contributed by atoms with E-state index in [2.05, 4.69) is 200 Å². The van der Waals surface area contributed by atoms with E-state index in [-0.39, 0.29) is 5.41 Å². The molecule has 0 saturated carbocycles. The van der Waals surface area contributed by atoms with Crippen LogP contribution in [0.3, 0.4) is 0 Å². The molecule has 274 valence electrons. The van der Waals surface area contributed by atoms with Crippen molar-refractivity contribution in [3.63, 3.8) is 0 Å². The Morgan fingerprint density at radius 2 is 0.948 bits per heavy atom. The zero-order valence-corrected chi connectivity index (χ0v) is 32.3. The highest BCUT2D eigenvalue weighted by atomic mass is 15.2. The number of benzene rings is 7. The van der Waals surface area contributed by atoms with Gasteiger partial charge in [0.15, 0.2) is 5.82 Å². The summed E-state index contributed by atoms with van der Waals surface area (Å²) in [6.07, 6.45) is 2.01. The average Bonchev–Trinajstić information content (AvgIpc) is 3.83. The number of aromatic nitrogens is 4. The van der Waals surface area contributed by atoms with Crippen LogP contribution in [-0.2, 0) is 5.41 Å². The van der Waals surface area contributed by atoms with E-state index in [1.807, 2.05) is 12.3 Å². The first-order valence-corrected chi connectivity index (χ1v) is 19.9. The first-order valence-electron chi connectivity index (χ1n) is 19.9. The third-order valence-electron chi connectivity index (χ3n) is 11.9. The van der Waals surface area contributed by atoms with Crippen molar-refractivity contribution in [3.8, 4) is 78.5 Å². The van der Waals surface area contributed by atoms with E-state index in [1.54, 1.807) is 0 Å². The Kier molecular flexibility index (Phi) is 7.80. The monoisotopic (exact) mass is 742 g/mol. The Balaban J connectivity index is 1.07. The van der Waals surface area contributed by atoms with Crippen molar-refractivity contribution in [1.82, 2.24) is 19.6 Å². The molecular weight excluding hydrogens is 705 g/mol. The van der Waals surface area contributed by atoms with Crippen LogP contribution in [0.4, 0.5) is 0 Å². The first kappa shape index (κ1) is 33.9. The molecule has 3 aromatic heterocycles. The molecule has 10 aromatic rings. The van der Waals surface area contributed by atoms with Gasteiger partial charge in [0.25, 0.3) is 0 Å². The molecule has 4 heteroatoms. The Hall–Kier alpha value is -7.43. The molecule has 0 saturated heterocycles. The van der Waals surface area contributed by atoms with Gasteiger partial charge in [-0.2, -0.15) is 5.10 Å². The molecule has 0 N–H and O–H groups in total. The van der Waals surface area contributed by atoms with Crippen molar-refractivity contribution in [2.24, 2.45) is 0 Å². The average molecular weight is 743 g/mol.